The van der Waals surface area contributed by atoms with Gasteiger partial charge in [-0.15, -0.1) is 0 Å². The van der Waals surface area contributed by atoms with E-state index in [2.05, 4.69) is 11.8 Å². The van der Waals surface area contributed by atoms with Crippen LogP contribution in [0.5, 0.6) is 17.2 Å². The highest BCUT2D eigenvalue weighted by Gasteiger charge is 2.42. The fourth-order valence-corrected chi connectivity index (χ4v) is 5.14. The molecule has 2 saturated heterocycles. The van der Waals surface area contributed by atoms with Crippen molar-refractivity contribution in [3.05, 3.63) is 59.2 Å². The smallest absolute Gasteiger partial charge is 0.298 e. The summed E-state index contributed by atoms with van der Waals surface area (Å²) in [7, 11) is 4.74. The topological polar surface area (TPSA) is 68.3 Å². The van der Waals surface area contributed by atoms with Gasteiger partial charge in [0, 0.05) is 54.9 Å². The van der Waals surface area contributed by atoms with Crippen LogP contribution in [0, 0.1) is 17.3 Å². The Morgan fingerprint density at radius 1 is 0.865 bits per heavy atom. The molecule has 37 heavy (non-hydrogen) atoms. The molecule has 2 amide bonds. The second-order valence-corrected chi connectivity index (χ2v) is 9.66. The number of rotatable bonds is 5. The van der Waals surface area contributed by atoms with Gasteiger partial charge in [-0.05, 0) is 55.9 Å². The van der Waals surface area contributed by atoms with E-state index in [1.54, 1.807) is 27.4 Å². The van der Waals surface area contributed by atoms with Gasteiger partial charge >= 0.3 is 0 Å². The number of methoxy groups -OCH3 is 3. The fraction of sp³-hybridized carbons (Fsp3) is 0.400. The minimum Gasteiger partial charge on any atom is -0.496 e. The Balaban J connectivity index is 1.38. The summed E-state index contributed by atoms with van der Waals surface area (Å²) in [6.07, 6.45) is 4.54. The van der Waals surface area contributed by atoms with Gasteiger partial charge in [0.15, 0.2) is 11.5 Å². The number of piperidine rings is 1. The second kappa shape index (κ2) is 11.4. The van der Waals surface area contributed by atoms with Crippen molar-refractivity contribution in [2.75, 3.05) is 47.5 Å². The van der Waals surface area contributed by atoms with Gasteiger partial charge in [0.1, 0.15) is 5.75 Å². The molecule has 0 aliphatic carbocycles. The van der Waals surface area contributed by atoms with Gasteiger partial charge in [0.2, 0.25) is 5.91 Å². The Kier molecular flexibility index (Phi) is 8.08. The maximum Gasteiger partial charge on any atom is 0.298 e. The number of carbonyl (C=O) groups excluding carboxylic acids is 2. The van der Waals surface area contributed by atoms with Crippen LogP contribution in [0.2, 0.25) is 0 Å². The molecule has 7 heteroatoms. The van der Waals surface area contributed by atoms with Crippen LogP contribution in [-0.2, 0) is 9.59 Å². The number of amides is 2. The summed E-state index contributed by atoms with van der Waals surface area (Å²) in [5.74, 6) is 7.36. The van der Waals surface area contributed by atoms with E-state index in [0.29, 0.717) is 42.5 Å². The molecule has 4 rings (SSSR count). The maximum atomic E-state index is 13.3. The molecule has 194 valence electrons. The largest absolute Gasteiger partial charge is 0.496 e. The van der Waals surface area contributed by atoms with Gasteiger partial charge in [-0.25, -0.2) is 0 Å². The maximum absolute atomic E-state index is 13.3. The van der Waals surface area contributed by atoms with Crippen molar-refractivity contribution in [1.82, 2.24) is 9.80 Å². The van der Waals surface area contributed by atoms with E-state index in [9.17, 15) is 9.59 Å². The Hall–Kier alpha value is -3.92. The third-order valence-electron chi connectivity index (χ3n) is 7.37. The normalized spacial score (nSPS) is 16.7. The fourth-order valence-electron chi connectivity index (χ4n) is 5.14. The van der Waals surface area contributed by atoms with E-state index >= 15 is 0 Å². The van der Waals surface area contributed by atoms with Gasteiger partial charge in [-0.1, -0.05) is 24.1 Å². The third kappa shape index (κ3) is 5.91. The molecule has 2 heterocycles. The number of carbonyl (C=O) groups is 2. The van der Waals surface area contributed by atoms with Gasteiger partial charge < -0.3 is 24.0 Å². The highest BCUT2D eigenvalue weighted by Crippen LogP contribution is 2.41. The van der Waals surface area contributed by atoms with Gasteiger partial charge in [-0.3, -0.25) is 9.59 Å². The van der Waals surface area contributed by atoms with Crippen LogP contribution in [-0.4, -0.2) is 69.1 Å². The Morgan fingerprint density at radius 3 is 2.08 bits per heavy atom. The molecule has 0 bridgehead atoms. The molecule has 1 spiro atoms. The average Bonchev–Trinajstić information content (AvgIpc) is 3.35. The van der Waals surface area contributed by atoms with Crippen molar-refractivity contribution in [3.8, 4) is 29.1 Å². The van der Waals surface area contributed by atoms with Crippen LogP contribution < -0.4 is 14.2 Å². The molecular formula is C30H34N2O5. The average molecular weight is 503 g/mol. The van der Waals surface area contributed by atoms with Crippen LogP contribution in [0.15, 0.2) is 48.0 Å². The first-order chi connectivity index (χ1) is 17.9. The molecule has 0 radical (unpaired) electrons. The molecule has 0 saturated carbocycles. The summed E-state index contributed by atoms with van der Waals surface area (Å²) in [6, 6.07) is 13.1. The monoisotopic (exact) mass is 502 g/mol. The van der Waals surface area contributed by atoms with Crippen LogP contribution in [0.4, 0.5) is 0 Å². The highest BCUT2D eigenvalue weighted by atomic mass is 16.5. The van der Waals surface area contributed by atoms with Crippen LogP contribution in [0.1, 0.15) is 37.3 Å². The lowest BCUT2D eigenvalue weighted by Crippen LogP contribution is -2.44. The summed E-state index contributed by atoms with van der Waals surface area (Å²) < 4.78 is 16.3. The Bertz CT molecular complexity index is 1230. The van der Waals surface area contributed by atoms with E-state index in [0.717, 1.165) is 36.9 Å². The molecule has 2 aliphatic rings. The van der Waals surface area contributed by atoms with Gasteiger partial charge in [-0.2, -0.15) is 0 Å². The van der Waals surface area contributed by atoms with E-state index < -0.39 is 0 Å². The van der Waals surface area contributed by atoms with Crippen LogP contribution in [0.25, 0.3) is 6.08 Å². The van der Waals surface area contributed by atoms with Crippen molar-refractivity contribution < 1.29 is 23.8 Å². The number of likely N-dealkylation sites (tertiary alicyclic amines) is 2. The standard InChI is InChI=1S/C30H34N2O5/c1-22(18-24-19-26(36-3)27(37-4)20-25(24)35-2)29(34)32-17-14-30(21-32)12-15-31(16-13-30)28(33)11-10-23-8-6-5-7-9-23/h5-9,18-20H,12-17,21H2,1-4H3/b22-18+. The predicted molar refractivity (Wildman–Crippen MR) is 143 cm³/mol. The Labute approximate surface area is 219 Å². The number of hydrogen-bond donors (Lipinski definition) is 0. The van der Waals surface area contributed by atoms with Crippen molar-refractivity contribution in [2.24, 2.45) is 5.41 Å². The first kappa shape index (κ1) is 26.2. The first-order valence-corrected chi connectivity index (χ1v) is 12.5. The Morgan fingerprint density at radius 2 is 1.46 bits per heavy atom. The molecule has 2 aromatic rings. The molecule has 0 aromatic heterocycles. The number of ether oxygens (including phenoxy) is 3. The zero-order chi connectivity index (χ0) is 26.4. The third-order valence-corrected chi connectivity index (χ3v) is 7.37. The molecule has 2 aromatic carbocycles. The number of benzene rings is 2. The van der Waals surface area contributed by atoms with Crippen LogP contribution >= 0.6 is 0 Å². The minimum absolute atomic E-state index is 0.0148. The molecule has 0 atom stereocenters. The van der Waals surface area contributed by atoms with Crippen molar-refractivity contribution in [2.45, 2.75) is 26.2 Å². The second-order valence-electron chi connectivity index (χ2n) is 9.66. The summed E-state index contributed by atoms with van der Waals surface area (Å²) in [4.78, 5) is 29.7. The lowest BCUT2D eigenvalue weighted by molar-refractivity contribution is -0.129. The lowest BCUT2D eigenvalue weighted by Gasteiger charge is -2.38. The summed E-state index contributed by atoms with van der Waals surface area (Å²) >= 11 is 0. The number of nitrogens with zero attached hydrogens (tertiary/aromatic N) is 2. The molecular weight excluding hydrogens is 468 g/mol. The van der Waals surface area contributed by atoms with E-state index in [1.165, 1.54) is 0 Å². The zero-order valence-corrected chi connectivity index (χ0v) is 22.0. The van der Waals surface area contributed by atoms with Crippen molar-refractivity contribution in [3.63, 3.8) is 0 Å². The van der Waals surface area contributed by atoms with Gasteiger partial charge in [0.25, 0.3) is 5.91 Å². The minimum atomic E-state index is -0.132. The highest BCUT2D eigenvalue weighted by molar-refractivity contribution is 5.98. The zero-order valence-electron chi connectivity index (χ0n) is 22.0. The summed E-state index contributed by atoms with van der Waals surface area (Å²) in [6.45, 7) is 4.59. The first-order valence-electron chi connectivity index (χ1n) is 12.5. The lowest BCUT2D eigenvalue weighted by atomic mass is 9.78. The van der Waals surface area contributed by atoms with Gasteiger partial charge in [0.05, 0.1) is 21.3 Å². The summed E-state index contributed by atoms with van der Waals surface area (Å²) in [5, 5.41) is 0. The summed E-state index contributed by atoms with van der Waals surface area (Å²) in [5.41, 5.74) is 2.28. The molecule has 2 aliphatic heterocycles. The quantitative estimate of drug-likeness (QED) is 0.457. The SMILES string of the molecule is COc1cc(OC)c(OC)cc1/C=C(\C)C(=O)N1CCC2(CCN(C(=O)C#Cc3ccccc3)CC2)C1. The van der Waals surface area contributed by atoms with Crippen molar-refractivity contribution >= 4 is 17.9 Å². The van der Waals surface area contributed by atoms with E-state index in [4.69, 9.17) is 14.2 Å². The molecule has 2 fully saturated rings. The predicted octanol–water partition coefficient (Wildman–Crippen LogP) is 4.01. The van der Waals surface area contributed by atoms with Crippen LogP contribution in [0.3, 0.4) is 0 Å². The van der Waals surface area contributed by atoms with E-state index in [-0.39, 0.29) is 17.2 Å². The molecule has 0 unspecified atom stereocenters. The molecule has 0 N–H and O–H groups in total. The number of hydrogen-bond acceptors (Lipinski definition) is 5. The van der Waals surface area contributed by atoms with E-state index in [1.807, 2.05) is 59.2 Å². The molecule has 7 nitrogen and oxygen atoms in total. The van der Waals surface area contributed by atoms with Crippen molar-refractivity contribution in [1.29, 1.82) is 0 Å².